The maximum Gasteiger partial charge on any atom is 0.193 e. The van der Waals surface area contributed by atoms with E-state index < -0.39 is 17.4 Å². The zero-order valence-corrected chi connectivity index (χ0v) is 14.3. The number of benzene rings is 2. The van der Waals surface area contributed by atoms with Crippen molar-refractivity contribution in [3.63, 3.8) is 0 Å². The van der Waals surface area contributed by atoms with Gasteiger partial charge in [-0.05, 0) is 36.4 Å². The molecule has 0 aromatic heterocycles. The van der Waals surface area contributed by atoms with E-state index in [9.17, 15) is 13.6 Å². The molecule has 0 saturated carbocycles. The van der Waals surface area contributed by atoms with Crippen LogP contribution < -0.4 is 9.47 Å². The number of carbonyl (C=O) groups excluding carboxylic acids is 1. The zero-order chi connectivity index (χ0) is 18.9. The van der Waals surface area contributed by atoms with Gasteiger partial charge in [-0.1, -0.05) is 6.07 Å². The molecule has 0 amide bonds. The Morgan fingerprint density at radius 3 is 2.15 bits per heavy atom. The van der Waals surface area contributed by atoms with Crippen molar-refractivity contribution in [2.24, 2.45) is 0 Å². The van der Waals surface area contributed by atoms with Crippen molar-refractivity contribution in [1.29, 1.82) is 0 Å². The molecule has 0 N–H and O–H groups in total. The maximum atomic E-state index is 13.7. The second-order valence-corrected chi connectivity index (χ2v) is 5.09. The van der Waals surface area contributed by atoms with Crippen LogP contribution in [0, 0.1) is 11.6 Å². The molecule has 138 valence electrons. The number of methoxy groups -OCH3 is 2. The summed E-state index contributed by atoms with van der Waals surface area (Å²) < 4.78 is 47.2. The molecule has 0 aliphatic heterocycles. The molecule has 0 saturated heterocycles. The van der Waals surface area contributed by atoms with E-state index in [0.29, 0.717) is 0 Å². The average molecular weight is 364 g/mol. The fourth-order valence-corrected chi connectivity index (χ4v) is 2.12. The van der Waals surface area contributed by atoms with Gasteiger partial charge >= 0.3 is 0 Å². The molecule has 5 nitrogen and oxygen atoms in total. The van der Waals surface area contributed by atoms with Crippen molar-refractivity contribution in [3.8, 4) is 11.5 Å². The third-order valence-corrected chi connectivity index (χ3v) is 3.28. The first-order chi connectivity index (χ1) is 12.6. The Hall–Kier alpha value is -2.77. The lowest BCUT2D eigenvalue weighted by molar-refractivity contribution is 0.0447. The Kier molecular flexibility index (Phi) is 7.25. The van der Waals surface area contributed by atoms with Crippen LogP contribution in [-0.4, -0.2) is 33.6 Å². The fraction of sp³-hybridized carbons (Fsp3) is 0.211. The van der Waals surface area contributed by atoms with Gasteiger partial charge in [0.05, 0.1) is 0 Å². The number of hydrogen-bond donors (Lipinski definition) is 0. The van der Waals surface area contributed by atoms with Crippen LogP contribution in [0.5, 0.6) is 11.5 Å². The lowest BCUT2D eigenvalue weighted by Crippen LogP contribution is -2.09. The highest BCUT2D eigenvalue weighted by atomic mass is 19.1. The second-order valence-electron chi connectivity index (χ2n) is 5.09. The molecule has 0 aliphatic rings. The van der Waals surface area contributed by atoms with Crippen molar-refractivity contribution in [2.45, 2.75) is 0 Å². The van der Waals surface area contributed by atoms with Gasteiger partial charge in [0.2, 0.25) is 0 Å². The van der Waals surface area contributed by atoms with Gasteiger partial charge in [0.15, 0.2) is 19.4 Å². The van der Waals surface area contributed by atoms with Crippen LogP contribution in [-0.2, 0) is 9.47 Å². The van der Waals surface area contributed by atoms with E-state index in [-0.39, 0.29) is 36.2 Å². The van der Waals surface area contributed by atoms with Gasteiger partial charge in [-0.2, -0.15) is 0 Å². The molecule has 0 atom stereocenters. The van der Waals surface area contributed by atoms with E-state index in [1.807, 2.05) is 0 Å². The van der Waals surface area contributed by atoms with Gasteiger partial charge in [0, 0.05) is 25.8 Å². The molecule has 0 spiro atoms. The van der Waals surface area contributed by atoms with Gasteiger partial charge in [-0.15, -0.1) is 0 Å². The van der Waals surface area contributed by atoms with Gasteiger partial charge in [-0.3, -0.25) is 4.79 Å². The Balaban J connectivity index is 2.33. The molecule has 0 aliphatic carbocycles. The Morgan fingerprint density at radius 2 is 1.62 bits per heavy atom. The topological polar surface area (TPSA) is 54.0 Å². The van der Waals surface area contributed by atoms with Gasteiger partial charge in [0.25, 0.3) is 0 Å². The van der Waals surface area contributed by atoms with Gasteiger partial charge in [0.1, 0.15) is 28.7 Å². The number of allylic oxidation sites excluding steroid dienone is 1. The van der Waals surface area contributed by atoms with E-state index >= 15 is 0 Å². The van der Waals surface area contributed by atoms with Crippen molar-refractivity contribution in [1.82, 2.24) is 0 Å². The maximum absolute atomic E-state index is 13.7. The summed E-state index contributed by atoms with van der Waals surface area (Å²) in [6, 6.07) is 7.90. The molecular weight excluding hydrogens is 346 g/mol. The third kappa shape index (κ3) is 5.11. The zero-order valence-electron chi connectivity index (χ0n) is 14.3. The van der Waals surface area contributed by atoms with E-state index in [1.165, 1.54) is 26.4 Å². The van der Waals surface area contributed by atoms with Crippen LogP contribution in [0.15, 0.2) is 42.5 Å². The van der Waals surface area contributed by atoms with Gasteiger partial charge < -0.3 is 18.9 Å². The molecule has 0 radical (unpaired) electrons. The summed E-state index contributed by atoms with van der Waals surface area (Å²) in [5.74, 6) is -1.45. The SMILES string of the molecule is COCOc1cccc(OCOC)c1C(=O)/C=C/c1ccc(F)cc1F. The molecular formula is C19H18F2O5. The van der Waals surface area contributed by atoms with Crippen LogP contribution >= 0.6 is 0 Å². The predicted molar refractivity (Wildman–Crippen MR) is 91.2 cm³/mol. The number of halogens is 2. The monoisotopic (exact) mass is 364 g/mol. The summed E-state index contributed by atoms with van der Waals surface area (Å²) in [6.45, 7) is -0.130. The highest BCUT2D eigenvalue weighted by molar-refractivity contribution is 6.10. The third-order valence-electron chi connectivity index (χ3n) is 3.28. The minimum absolute atomic E-state index is 0.0652. The minimum atomic E-state index is -0.770. The van der Waals surface area contributed by atoms with Crippen molar-refractivity contribution < 1.29 is 32.5 Å². The number of ketones is 1. The molecule has 2 rings (SSSR count). The van der Waals surface area contributed by atoms with Crippen molar-refractivity contribution in [3.05, 3.63) is 65.2 Å². The quantitative estimate of drug-likeness (QED) is 0.385. The standard InChI is InChI=1S/C19H18F2O5/c1-23-11-25-17-4-3-5-18(26-12-24-2)19(17)16(22)9-7-13-6-8-14(20)10-15(13)21/h3-10H,11-12H2,1-2H3/b9-7+. The number of carbonyl (C=O) groups is 1. The number of rotatable bonds is 9. The largest absolute Gasteiger partial charge is 0.467 e. The fourth-order valence-electron chi connectivity index (χ4n) is 2.12. The summed E-state index contributed by atoms with van der Waals surface area (Å²) in [5, 5.41) is 0. The van der Waals surface area contributed by atoms with E-state index in [0.717, 1.165) is 18.2 Å². The predicted octanol–water partition coefficient (Wildman–Crippen LogP) is 3.83. The second kappa shape index (κ2) is 9.65. The van der Waals surface area contributed by atoms with Crippen LogP contribution in [0.2, 0.25) is 0 Å². The molecule has 0 fully saturated rings. The average Bonchev–Trinajstić information content (AvgIpc) is 2.63. The minimum Gasteiger partial charge on any atom is -0.467 e. The highest BCUT2D eigenvalue weighted by Crippen LogP contribution is 2.30. The number of ether oxygens (including phenoxy) is 4. The van der Waals surface area contributed by atoms with Crippen molar-refractivity contribution in [2.75, 3.05) is 27.8 Å². The summed E-state index contributed by atoms with van der Waals surface area (Å²) in [7, 11) is 2.90. The summed E-state index contributed by atoms with van der Waals surface area (Å²) in [6.07, 6.45) is 2.41. The molecule has 26 heavy (non-hydrogen) atoms. The first-order valence-corrected chi connectivity index (χ1v) is 7.60. The highest BCUT2D eigenvalue weighted by Gasteiger charge is 2.17. The first kappa shape index (κ1) is 19.6. The smallest absolute Gasteiger partial charge is 0.193 e. The normalized spacial score (nSPS) is 10.9. The van der Waals surface area contributed by atoms with Crippen molar-refractivity contribution >= 4 is 11.9 Å². The molecule has 2 aromatic carbocycles. The van der Waals surface area contributed by atoms with E-state index in [1.54, 1.807) is 18.2 Å². The Labute approximate surface area is 149 Å². The Bertz CT molecular complexity index is 763. The molecule has 2 aromatic rings. The molecule has 0 bridgehead atoms. The molecule has 7 heteroatoms. The summed E-state index contributed by atoms with van der Waals surface area (Å²) in [5.41, 5.74) is 0.217. The van der Waals surface area contributed by atoms with Gasteiger partial charge in [-0.25, -0.2) is 8.78 Å². The molecule has 0 heterocycles. The Morgan fingerprint density at radius 1 is 1.00 bits per heavy atom. The van der Waals surface area contributed by atoms with Crippen LogP contribution in [0.1, 0.15) is 15.9 Å². The summed E-state index contributed by atoms with van der Waals surface area (Å²) >= 11 is 0. The first-order valence-electron chi connectivity index (χ1n) is 7.60. The lowest BCUT2D eigenvalue weighted by atomic mass is 10.1. The number of hydrogen-bond acceptors (Lipinski definition) is 5. The van der Waals surface area contributed by atoms with E-state index in [4.69, 9.17) is 18.9 Å². The summed E-state index contributed by atoms with van der Waals surface area (Å²) in [4.78, 5) is 12.6. The van der Waals surface area contributed by atoms with Crippen LogP contribution in [0.25, 0.3) is 6.08 Å². The lowest BCUT2D eigenvalue weighted by Gasteiger charge is -2.13. The van der Waals surface area contributed by atoms with Crippen LogP contribution in [0.4, 0.5) is 8.78 Å². The van der Waals surface area contributed by atoms with E-state index in [2.05, 4.69) is 0 Å². The van der Waals surface area contributed by atoms with Crippen LogP contribution in [0.3, 0.4) is 0 Å². The molecule has 0 unspecified atom stereocenters.